The van der Waals surface area contributed by atoms with Gasteiger partial charge in [0.1, 0.15) is 0 Å². The number of likely N-dealkylation sites (tertiary alicyclic amines) is 1. The Morgan fingerprint density at radius 1 is 1.12 bits per heavy atom. The minimum atomic E-state index is -1.09. The molecule has 3 N–H and O–H groups in total. The maximum atomic E-state index is 11.9. The van der Waals surface area contributed by atoms with Gasteiger partial charge in [0.2, 0.25) is 0 Å². The first-order valence-electron chi connectivity index (χ1n) is 15.6. The van der Waals surface area contributed by atoms with Gasteiger partial charge in [-0.2, -0.15) is 0 Å². The summed E-state index contributed by atoms with van der Waals surface area (Å²) in [4.78, 5) is 25.2. The molecule has 0 radical (unpaired) electrons. The lowest BCUT2D eigenvalue weighted by atomic mass is 9.65. The van der Waals surface area contributed by atoms with Crippen LogP contribution in [-0.4, -0.2) is 67.0 Å². The summed E-state index contributed by atoms with van der Waals surface area (Å²) in [5.74, 6) is 1.12. The minimum absolute atomic E-state index is 0.126. The van der Waals surface area contributed by atoms with Crippen molar-refractivity contribution in [2.45, 2.75) is 84.3 Å². The molecule has 10 nitrogen and oxygen atoms in total. The van der Waals surface area contributed by atoms with E-state index < -0.39 is 11.0 Å². The first kappa shape index (κ1) is 33.6. The number of carboxylic acid groups (broad SMARTS) is 1. The van der Waals surface area contributed by atoms with Crippen LogP contribution >= 0.6 is 0 Å². The average molecular weight is 589 g/mol. The maximum Gasteiger partial charge on any atom is 0.404 e. The molecule has 4 unspecified atom stereocenters. The van der Waals surface area contributed by atoms with E-state index in [9.17, 15) is 20.0 Å². The van der Waals surface area contributed by atoms with E-state index in [0.29, 0.717) is 38.0 Å². The van der Waals surface area contributed by atoms with Crippen LogP contribution in [0.2, 0.25) is 0 Å². The smallest absolute Gasteiger partial charge is 0.404 e. The Morgan fingerprint density at radius 2 is 1.81 bits per heavy atom. The zero-order valence-electron chi connectivity index (χ0n) is 25.9. The van der Waals surface area contributed by atoms with E-state index in [4.69, 9.17) is 9.47 Å². The quantitative estimate of drug-likeness (QED) is 0.129. The van der Waals surface area contributed by atoms with E-state index in [1.165, 1.54) is 6.42 Å². The fraction of sp³-hybridized carbons (Fsp3) is 0.719. The zero-order valence-corrected chi connectivity index (χ0v) is 25.9. The Morgan fingerprint density at radius 3 is 2.43 bits per heavy atom. The number of hydrogen-bond acceptors (Lipinski definition) is 7. The van der Waals surface area contributed by atoms with E-state index in [0.717, 1.165) is 56.7 Å². The van der Waals surface area contributed by atoms with Crippen LogP contribution in [0.5, 0.6) is 0 Å². The summed E-state index contributed by atoms with van der Waals surface area (Å²) < 4.78 is 11.6. The number of piperidine rings is 1. The molecule has 2 aliphatic rings. The average Bonchev–Trinajstić information content (AvgIpc) is 2.95. The van der Waals surface area contributed by atoms with Crippen LogP contribution < -0.4 is 10.6 Å². The van der Waals surface area contributed by atoms with Crippen LogP contribution in [0.15, 0.2) is 42.4 Å². The van der Waals surface area contributed by atoms with Crippen molar-refractivity contribution in [3.63, 3.8) is 0 Å². The van der Waals surface area contributed by atoms with Gasteiger partial charge in [-0.1, -0.05) is 83.2 Å². The zero-order chi connectivity index (χ0) is 30.5. The fourth-order valence-corrected chi connectivity index (χ4v) is 7.13. The van der Waals surface area contributed by atoms with Gasteiger partial charge in [-0.15, -0.1) is 0 Å². The molecule has 1 saturated heterocycles. The third-order valence-electron chi connectivity index (χ3n) is 8.77. The van der Waals surface area contributed by atoms with E-state index in [1.54, 1.807) is 7.11 Å². The normalized spacial score (nSPS) is 20.9. The second-order valence-electron chi connectivity index (χ2n) is 12.9. The third-order valence-corrected chi connectivity index (χ3v) is 8.77. The molecule has 1 amide bonds. The van der Waals surface area contributed by atoms with Gasteiger partial charge in [-0.25, -0.2) is 4.79 Å². The molecule has 1 aliphatic heterocycles. The lowest BCUT2D eigenvalue weighted by molar-refractivity contribution is -0.405. The second kappa shape index (κ2) is 16.7. The highest BCUT2D eigenvalue weighted by molar-refractivity contribution is 5.64. The number of nitro groups is 1. The number of rotatable bonds is 15. The molecule has 1 aliphatic carbocycles. The molecule has 236 valence electrons. The van der Waals surface area contributed by atoms with Crippen LogP contribution in [0.4, 0.5) is 4.79 Å². The molecule has 4 atom stereocenters. The highest BCUT2D eigenvalue weighted by Gasteiger charge is 2.40. The predicted molar refractivity (Wildman–Crippen MR) is 163 cm³/mol. The van der Waals surface area contributed by atoms with Crippen molar-refractivity contribution < 1.29 is 24.3 Å². The number of nitrogens with one attached hydrogen (secondary N) is 2. The standard InChI is InChI=1S/C32H52N4O6/c1-32(2,3)29(24-13-7-5-8-14-24)27(21-33-31(37)38)34-28(23-36(39)40)35-18-11-17-26(22-35)30(42-20-12-19-41-4)25-15-9-6-10-16-25/h6,9-10,15-16,23-24,26-27,29-30,33-34H,5,7-8,11-14,17-22H2,1-4H3,(H,37,38). The van der Waals surface area contributed by atoms with Crippen molar-refractivity contribution in [1.29, 1.82) is 0 Å². The molecule has 42 heavy (non-hydrogen) atoms. The summed E-state index contributed by atoms with van der Waals surface area (Å²) in [7, 11) is 1.68. The predicted octanol–water partition coefficient (Wildman–Crippen LogP) is 6.04. The van der Waals surface area contributed by atoms with E-state index >= 15 is 0 Å². The molecule has 0 aromatic heterocycles. The Bertz CT molecular complexity index is 992. The van der Waals surface area contributed by atoms with Crippen molar-refractivity contribution in [2.24, 2.45) is 23.2 Å². The van der Waals surface area contributed by atoms with E-state index in [1.807, 2.05) is 18.2 Å². The fourth-order valence-electron chi connectivity index (χ4n) is 7.13. The van der Waals surface area contributed by atoms with Gasteiger partial charge in [-0.05, 0) is 42.1 Å². The summed E-state index contributed by atoms with van der Waals surface area (Å²) in [5, 5.41) is 27.5. The molecule has 1 heterocycles. The van der Waals surface area contributed by atoms with Crippen LogP contribution in [-0.2, 0) is 9.47 Å². The molecule has 3 rings (SSSR count). The largest absolute Gasteiger partial charge is 0.465 e. The van der Waals surface area contributed by atoms with Crippen molar-refractivity contribution in [2.75, 3.05) is 40.0 Å². The number of nitrogens with zero attached hydrogens (tertiary/aromatic N) is 2. The van der Waals surface area contributed by atoms with Crippen LogP contribution in [0.3, 0.4) is 0 Å². The maximum absolute atomic E-state index is 11.9. The number of benzene rings is 1. The first-order valence-corrected chi connectivity index (χ1v) is 15.6. The molecular weight excluding hydrogens is 536 g/mol. The van der Waals surface area contributed by atoms with Gasteiger partial charge in [0.25, 0.3) is 6.20 Å². The molecule has 1 saturated carbocycles. The van der Waals surface area contributed by atoms with Crippen molar-refractivity contribution in [3.05, 3.63) is 58.0 Å². The van der Waals surface area contributed by atoms with Crippen LogP contribution in [0.25, 0.3) is 0 Å². The first-order chi connectivity index (χ1) is 20.1. The van der Waals surface area contributed by atoms with Gasteiger partial charge in [0.05, 0.1) is 11.0 Å². The Balaban J connectivity index is 1.88. The second-order valence-corrected chi connectivity index (χ2v) is 12.9. The Labute approximate surface area is 251 Å². The molecule has 0 spiro atoms. The lowest BCUT2D eigenvalue weighted by Gasteiger charge is -2.46. The van der Waals surface area contributed by atoms with Crippen molar-refractivity contribution >= 4 is 6.09 Å². The lowest BCUT2D eigenvalue weighted by Crippen LogP contribution is -2.54. The summed E-state index contributed by atoms with van der Waals surface area (Å²) in [6, 6.07) is 9.88. The molecule has 0 bridgehead atoms. The monoisotopic (exact) mass is 588 g/mol. The highest BCUT2D eigenvalue weighted by Crippen LogP contribution is 2.42. The Hall–Kier alpha value is -2.85. The van der Waals surface area contributed by atoms with E-state index in [-0.39, 0.29) is 35.9 Å². The number of carbonyl (C=O) groups is 1. The van der Waals surface area contributed by atoms with Gasteiger partial charge < -0.3 is 30.1 Å². The van der Waals surface area contributed by atoms with Gasteiger partial charge >= 0.3 is 6.09 Å². The molecular formula is C32H52N4O6. The van der Waals surface area contributed by atoms with E-state index in [2.05, 4.69) is 48.4 Å². The summed E-state index contributed by atoms with van der Waals surface area (Å²) in [6.07, 6.45) is 8.16. The highest BCUT2D eigenvalue weighted by atomic mass is 16.6. The minimum Gasteiger partial charge on any atom is -0.465 e. The molecule has 1 aromatic carbocycles. The summed E-state index contributed by atoms with van der Waals surface area (Å²) in [5.41, 5.74) is 0.974. The molecule has 2 fully saturated rings. The van der Waals surface area contributed by atoms with Gasteiger partial charge in [0, 0.05) is 51.9 Å². The number of amides is 1. The Kier molecular flexibility index (Phi) is 13.4. The topological polar surface area (TPSA) is 126 Å². The number of methoxy groups -OCH3 is 1. The third kappa shape index (κ3) is 10.5. The SMILES string of the molecule is COCCCOC(c1ccccc1)C1CCCN(C(=C[N+](=O)[O-])NC(CNC(=O)O)C(C2CCCCC2)C(C)(C)C)C1. The molecule has 10 heteroatoms. The van der Waals surface area contributed by atoms with Gasteiger partial charge in [-0.3, -0.25) is 10.1 Å². The van der Waals surface area contributed by atoms with Crippen molar-refractivity contribution in [1.82, 2.24) is 15.5 Å². The van der Waals surface area contributed by atoms with Gasteiger partial charge in [0.15, 0.2) is 5.82 Å². The van der Waals surface area contributed by atoms with Crippen molar-refractivity contribution in [3.8, 4) is 0 Å². The molecule has 1 aromatic rings. The summed E-state index contributed by atoms with van der Waals surface area (Å²) >= 11 is 0. The number of ether oxygens (including phenoxy) is 2. The summed E-state index contributed by atoms with van der Waals surface area (Å²) in [6.45, 7) is 9.23. The van der Waals surface area contributed by atoms with Crippen LogP contribution in [0.1, 0.15) is 83.8 Å². The van der Waals surface area contributed by atoms with Crippen LogP contribution in [0, 0.1) is 33.3 Å². The number of hydrogen-bond donors (Lipinski definition) is 3.